The van der Waals surface area contributed by atoms with E-state index in [0.29, 0.717) is 16.9 Å². The Labute approximate surface area is 167 Å². The normalized spacial score (nSPS) is 10.4. The third-order valence-electron chi connectivity index (χ3n) is 3.87. The number of benzene rings is 3. The summed E-state index contributed by atoms with van der Waals surface area (Å²) in [5, 5.41) is 5.59. The molecule has 0 saturated carbocycles. The number of hydrogen-bond acceptors (Lipinski definition) is 3. The van der Waals surface area contributed by atoms with Crippen LogP contribution in [-0.2, 0) is 4.79 Å². The van der Waals surface area contributed by atoms with Gasteiger partial charge in [-0.15, -0.1) is 11.8 Å². The molecule has 0 radical (unpaired) electrons. The van der Waals surface area contributed by atoms with Crippen molar-refractivity contribution >= 4 is 35.0 Å². The van der Waals surface area contributed by atoms with Crippen LogP contribution in [-0.4, -0.2) is 17.6 Å². The predicted octanol–water partition coefficient (Wildman–Crippen LogP) is 5.12. The summed E-state index contributed by atoms with van der Waals surface area (Å²) in [5.41, 5.74) is 2.82. The molecule has 3 rings (SSSR count). The van der Waals surface area contributed by atoms with E-state index in [-0.39, 0.29) is 23.4 Å². The van der Waals surface area contributed by atoms with Crippen LogP contribution in [0.4, 0.5) is 15.8 Å². The Hall–Kier alpha value is -3.12. The van der Waals surface area contributed by atoms with Crippen LogP contribution in [0, 0.1) is 12.7 Å². The van der Waals surface area contributed by atoms with Crippen LogP contribution in [0.5, 0.6) is 0 Å². The molecule has 3 aromatic carbocycles. The minimum absolute atomic E-state index is 0.181. The molecule has 6 heteroatoms. The monoisotopic (exact) mass is 394 g/mol. The van der Waals surface area contributed by atoms with E-state index in [0.717, 1.165) is 10.5 Å². The van der Waals surface area contributed by atoms with Gasteiger partial charge in [-0.2, -0.15) is 0 Å². The molecule has 0 aromatic heterocycles. The zero-order valence-electron chi connectivity index (χ0n) is 15.2. The first kappa shape index (κ1) is 19.6. The highest BCUT2D eigenvalue weighted by Gasteiger charge is 2.08. The van der Waals surface area contributed by atoms with Crippen LogP contribution >= 0.6 is 11.8 Å². The molecular weight excluding hydrogens is 375 g/mol. The summed E-state index contributed by atoms with van der Waals surface area (Å²) in [4.78, 5) is 25.3. The van der Waals surface area contributed by atoms with E-state index in [2.05, 4.69) is 10.6 Å². The Morgan fingerprint density at radius 3 is 2.39 bits per heavy atom. The molecule has 0 spiro atoms. The second-order valence-electron chi connectivity index (χ2n) is 6.20. The lowest BCUT2D eigenvalue weighted by atomic mass is 10.1. The third kappa shape index (κ3) is 5.69. The molecule has 0 bridgehead atoms. The lowest BCUT2D eigenvalue weighted by molar-refractivity contribution is -0.113. The van der Waals surface area contributed by atoms with Gasteiger partial charge in [0.1, 0.15) is 5.82 Å². The first-order valence-corrected chi connectivity index (χ1v) is 9.64. The van der Waals surface area contributed by atoms with Crippen LogP contribution in [0.25, 0.3) is 0 Å². The molecule has 0 heterocycles. The third-order valence-corrected chi connectivity index (χ3v) is 4.86. The van der Waals surface area contributed by atoms with E-state index in [1.165, 1.54) is 36.0 Å². The maximum absolute atomic E-state index is 12.9. The van der Waals surface area contributed by atoms with Crippen molar-refractivity contribution in [1.82, 2.24) is 0 Å². The van der Waals surface area contributed by atoms with Gasteiger partial charge in [-0.25, -0.2) is 4.39 Å². The van der Waals surface area contributed by atoms with Gasteiger partial charge >= 0.3 is 0 Å². The Bertz CT molecular complexity index is 990. The van der Waals surface area contributed by atoms with Gasteiger partial charge in [0, 0.05) is 21.8 Å². The quantitative estimate of drug-likeness (QED) is 0.571. The van der Waals surface area contributed by atoms with Crippen molar-refractivity contribution in [2.24, 2.45) is 0 Å². The summed E-state index contributed by atoms with van der Waals surface area (Å²) in [7, 11) is 0. The second kappa shape index (κ2) is 9.19. The number of nitrogens with one attached hydrogen (secondary N) is 2. The van der Waals surface area contributed by atoms with Crippen LogP contribution in [0.15, 0.2) is 77.7 Å². The number of halogens is 1. The molecule has 0 saturated heterocycles. The number of rotatable bonds is 6. The van der Waals surface area contributed by atoms with E-state index >= 15 is 0 Å². The van der Waals surface area contributed by atoms with Gasteiger partial charge in [-0.05, 0) is 61.5 Å². The highest BCUT2D eigenvalue weighted by atomic mass is 32.2. The summed E-state index contributed by atoms with van der Waals surface area (Å²) in [6.45, 7) is 1.94. The summed E-state index contributed by atoms with van der Waals surface area (Å²) in [6, 6.07) is 20.3. The second-order valence-corrected chi connectivity index (χ2v) is 7.24. The van der Waals surface area contributed by atoms with Crippen molar-refractivity contribution in [2.45, 2.75) is 11.8 Å². The number of anilines is 2. The van der Waals surface area contributed by atoms with Gasteiger partial charge in [0.15, 0.2) is 0 Å². The fourth-order valence-electron chi connectivity index (χ4n) is 2.53. The van der Waals surface area contributed by atoms with Crippen LogP contribution in [0.1, 0.15) is 15.9 Å². The highest BCUT2D eigenvalue weighted by Crippen LogP contribution is 2.22. The first-order valence-electron chi connectivity index (χ1n) is 8.66. The molecule has 28 heavy (non-hydrogen) atoms. The van der Waals surface area contributed by atoms with Crippen molar-refractivity contribution in [3.8, 4) is 0 Å². The maximum Gasteiger partial charge on any atom is 0.255 e. The van der Waals surface area contributed by atoms with Crippen molar-refractivity contribution < 1.29 is 14.0 Å². The molecule has 142 valence electrons. The average Bonchev–Trinajstić information content (AvgIpc) is 2.68. The van der Waals surface area contributed by atoms with Gasteiger partial charge in [-0.3, -0.25) is 9.59 Å². The van der Waals surface area contributed by atoms with Crippen molar-refractivity contribution in [1.29, 1.82) is 0 Å². The topological polar surface area (TPSA) is 58.2 Å². The van der Waals surface area contributed by atoms with E-state index in [1.807, 2.05) is 43.3 Å². The number of hydrogen-bond donors (Lipinski definition) is 2. The Balaban J connectivity index is 1.56. The summed E-state index contributed by atoms with van der Waals surface area (Å²) < 4.78 is 12.9. The van der Waals surface area contributed by atoms with Crippen molar-refractivity contribution in [2.75, 3.05) is 16.4 Å². The molecule has 4 nitrogen and oxygen atoms in total. The number of aryl methyl sites for hydroxylation is 1. The summed E-state index contributed by atoms with van der Waals surface area (Å²) >= 11 is 1.35. The van der Waals surface area contributed by atoms with E-state index < -0.39 is 0 Å². The Morgan fingerprint density at radius 2 is 1.64 bits per heavy atom. The van der Waals surface area contributed by atoms with E-state index in [4.69, 9.17) is 0 Å². The summed E-state index contributed by atoms with van der Waals surface area (Å²) in [6.07, 6.45) is 0. The van der Waals surface area contributed by atoms with Crippen LogP contribution in [0.2, 0.25) is 0 Å². The highest BCUT2D eigenvalue weighted by molar-refractivity contribution is 8.00. The van der Waals surface area contributed by atoms with Gasteiger partial charge in [0.2, 0.25) is 5.91 Å². The van der Waals surface area contributed by atoms with Gasteiger partial charge < -0.3 is 10.6 Å². The molecule has 0 aliphatic carbocycles. The molecule has 3 aromatic rings. The predicted molar refractivity (Wildman–Crippen MR) is 111 cm³/mol. The van der Waals surface area contributed by atoms with Gasteiger partial charge in [0.25, 0.3) is 5.91 Å². The minimum atomic E-state index is -0.350. The standard InChI is InChI=1S/C22H19FN2O2S/c1-15-4-2-5-16(12-15)22(27)25-19-6-3-7-20(13-19)28-14-21(26)24-18-10-8-17(23)9-11-18/h2-13H,14H2,1H3,(H,24,26)(H,25,27). The summed E-state index contributed by atoms with van der Waals surface area (Å²) in [5.74, 6) is -0.519. The van der Waals surface area contributed by atoms with Crippen molar-refractivity contribution in [3.63, 3.8) is 0 Å². The number of thioether (sulfide) groups is 1. The number of carbonyl (C=O) groups is 2. The van der Waals surface area contributed by atoms with E-state index in [1.54, 1.807) is 12.1 Å². The molecule has 2 amide bonds. The molecule has 2 N–H and O–H groups in total. The zero-order chi connectivity index (χ0) is 19.9. The maximum atomic E-state index is 12.9. The SMILES string of the molecule is Cc1cccc(C(=O)Nc2cccc(SCC(=O)Nc3ccc(F)cc3)c2)c1. The molecule has 0 aliphatic rings. The van der Waals surface area contributed by atoms with Crippen molar-refractivity contribution in [3.05, 3.63) is 89.7 Å². The lowest BCUT2D eigenvalue weighted by Crippen LogP contribution is -2.14. The molecule has 0 unspecified atom stereocenters. The Morgan fingerprint density at radius 1 is 0.893 bits per heavy atom. The fourth-order valence-corrected chi connectivity index (χ4v) is 3.29. The molecule has 0 atom stereocenters. The van der Waals surface area contributed by atoms with Crippen LogP contribution < -0.4 is 10.6 Å². The van der Waals surface area contributed by atoms with Gasteiger partial charge in [0.05, 0.1) is 5.75 Å². The zero-order valence-corrected chi connectivity index (χ0v) is 16.1. The molecular formula is C22H19FN2O2S. The minimum Gasteiger partial charge on any atom is -0.325 e. The fraction of sp³-hybridized carbons (Fsp3) is 0.0909. The van der Waals surface area contributed by atoms with E-state index in [9.17, 15) is 14.0 Å². The molecule has 0 fully saturated rings. The average molecular weight is 394 g/mol. The number of amides is 2. The number of carbonyl (C=O) groups excluding carboxylic acids is 2. The largest absolute Gasteiger partial charge is 0.325 e. The molecule has 0 aliphatic heterocycles. The first-order chi connectivity index (χ1) is 13.5. The lowest BCUT2D eigenvalue weighted by Gasteiger charge is -2.08. The smallest absolute Gasteiger partial charge is 0.255 e. The Kier molecular flexibility index (Phi) is 6.45. The van der Waals surface area contributed by atoms with Crippen LogP contribution in [0.3, 0.4) is 0 Å². The van der Waals surface area contributed by atoms with Gasteiger partial charge in [-0.1, -0.05) is 23.8 Å².